The van der Waals surface area contributed by atoms with Gasteiger partial charge in [0.25, 0.3) is 0 Å². The van der Waals surface area contributed by atoms with Gasteiger partial charge in [0.05, 0.1) is 0 Å². The molecule has 2 aromatic rings. The topological polar surface area (TPSA) is 18.5 Å². The molecule has 182 valence electrons. The Bertz CT molecular complexity index is 703. The summed E-state index contributed by atoms with van der Waals surface area (Å²) >= 11 is 0. The standard InChI is InChI=1S/C30H46O2Si/c1-4-5-6-7-8-9-10-11-12-13-14-21-26-31-33(32-27-28(2)3,29-22-17-15-18-23-29)30-24-19-16-20-25-30/h13-20,22-25,28H,4-12,21,26-27H2,1-3H3/b14-13+. The van der Waals surface area contributed by atoms with Crippen molar-refractivity contribution in [2.75, 3.05) is 13.2 Å². The Morgan fingerprint density at radius 3 is 1.73 bits per heavy atom. The van der Waals surface area contributed by atoms with Crippen LogP contribution in [0.1, 0.15) is 85.0 Å². The van der Waals surface area contributed by atoms with Gasteiger partial charge >= 0.3 is 8.56 Å². The van der Waals surface area contributed by atoms with Crippen molar-refractivity contribution < 1.29 is 8.85 Å². The maximum Gasteiger partial charge on any atom is 0.407 e. The van der Waals surface area contributed by atoms with E-state index in [-0.39, 0.29) is 0 Å². The van der Waals surface area contributed by atoms with Crippen LogP contribution >= 0.6 is 0 Å². The van der Waals surface area contributed by atoms with E-state index in [0.29, 0.717) is 19.1 Å². The molecule has 0 saturated heterocycles. The van der Waals surface area contributed by atoms with Crippen LogP contribution < -0.4 is 10.4 Å². The average molecular weight is 467 g/mol. The summed E-state index contributed by atoms with van der Waals surface area (Å²) in [4.78, 5) is 0. The zero-order valence-electron chi connectivity index (χ0n) is 21.3. The van der Waals surface area contributed by atoms with E-state index in [2.05, 4.69) is 93.6 Å². The SMILES string of the molecule is CCCCCCCCCC/C=C/CCO[Si](OCC(C)C)(c1ccccc1)c1ccccc1. The molecule has 3 heteroatoms. The molecular weight excluding hydrogens is 420 g/mol. The lowest BCUT2D eigenvalue weighted by Crippen LogP contribution is -2.63. The highest BCUT2D eigenvalue weighted by atomic mass is 28.4. The van der Waals surface area contributed by atoms with Crippen LogP contribution in [0.2, 0.25) is 0 Å². The molecule has 2 nitrogen and oxygen atoms in total. The van der Waals surface area contributed by atoms with Crippen LogP contribution in [0, 0.1) is 5.92 Å². The second-order valence-corrected chi connectivity index (χ2v) is 12.4. The molecule has 0 spiro atoms. The molecule has 0 aromatic heterocycles. The number of allylic oxidation sites excluding steroid dienone is 1. The summed E-state index contributed by atoms with van der Waals surface area (Å²) in [5, 5.41) is 2.36. The summed E-state index contributed by atoms with van der Waals surface area (Å²) in [6.07, 6.45) is 17.7. The second-order valence-electron chi connectivity index (χ2n) is 9.43. The molecular formula is C30H46O2Si. The Morgan fingerprint density at radius 1 is 0.667 bits per heavy atom. The second kappa shape index (κ2) is 16.9. The van der Waals surface area contributed by atoms with Crippen molar-refractivity contribution in [1.29, 1.82) is 0 Å². The Morgan fingerprint density at radius 2 is 1.18 bits per heavy atom. The highest BCUT2D eigenvalue weighted by Crippen LogP contribution is 2.14. The number of hydrogen-bond donors (Lipinski definition) is 0. The normalized spacial score (nSPS) is 12.1. The maximum atomic E-state index is 6.71. The largest absolute Gasteiger partial charge is 0.407 e. The van der Waals surface area contributed by atoms with Crippen LogP contribution in [0.5, 0.6) is 0 Å². The molecule has 2 rings (SSSR count). The Hall–Kier alpha value is -1.68. The third-order valence-corrected chi connectivity index (χ3v) is 9.28. The van der Waals surface area contributed by atoms with E-state index in [9.17, 15) is 0 Å². The molecule has 0 unspecified atom stereocenters. The van der Waals surface area contributed by atoms with Gasteiger partial charge in [0.1, 0.15) is 0 Å². The molecule has 0 atom stereocenters. The minimum atomic E-state index is -2.74. The Kier molecular flexibility index (Phi) is 14.1. The summed E-state index contributed by atoms with van der Waals surface area (Å²) in [6.45, 7) is 8.06. The molecule has 0 fully saturated rings. The first-order valence-electron chi connectivity index (χ1n) is 13.2. The van der Waals surface area contributed by atoms with E-state index in [1.165, 1.54) is 68.2 Å². The van der Waals surface area contributed by atoms with Crippen molar-refractivity contribution >= 4 is 18.9 Å². The van der Waals surface area contributed by atoms with Crippen LogP contribution in [0.15, 0.2) is 72.8 Å². The molecule has 0 saturated carbocycles. The van der Waals surface area contributed by atoms with E-state index >= 15 is 0 Å². The first-order valence-corrected chi connectivity index (χ1v) is 15.0. The van der Waals surface area contributed by atoms with E-state index in [4.69, 9.17) is 8.85 Å². The van der Waals surface area contributed by atoms with Gasteiger partial charge in [-0.2, -0.15) is 0 Å². The first-order chi connectivity index (χ1) is 16.2. The Balaban J connectivity index is 1.88. The maximum absolute atomic E-state index is 6.71. The molecule has 0 aliphatic carbocycles. The van der Waals surface area contributed by atoms with E-state index in [1.807, 2.05) is 0 Å². The van der Waals surface area contributed by atoms with Crippen molar-refractivity contribution in [2.45, 2.75) is 85.0 Å². The van der Waals surface area contributed by atoms with Gasteiger partial charge in [0.2, 0.25) is 0 Å². The fraction of sp³-hybridized carbons (Fsp3) is 0.533. The van der Waals surface area contributed by atoms with Crippen molar-refractivity contribution in [1.82, 2.24) is 0 Å². The van der Waals surface area contributed by atoms with Gasteiger partial charge in [-0.3, -0.25) is 0 Å². The summed E-state index contributed by atoms with van der Waals surface area (Å²) in [6, 6.07) is 21.1. The molecule has 2 aromatic carbocycles. The highest BCUT2D eigenvalue weighted by molar-refractivity contribution is 6.92. The van der Waals surface area contributed by atoms with Gasteiger partial charge in [-0.25, -0.2) is 0 Å². The summed E-state index contributed by atoms with van der Waals surface area (Å²) < 4.78 is 13.4. The average Bonchev–Trinajstić information content (AvgIpc) is 2.85. The molecule has 0 radical (unpaired) electrons. The highest BCUT2D eigenvalue weighted by Gasteiger charge is 2.42. The third-order valence-electron chi connectivity index (χ3n) is 5.91. The van der Waals surface area contributed by atoms with Crippen LogP contribution in [0.3, 0.4) is 0 Å². The molecule has 33 heavy (non-hydrogen) atoms. The van der Waals surface area contributed by atoms with Crippen molar-refractivity contribution in [3.8, 4) is 0 Å². The number of rotatable bonds is 18. The monoisotopic (exact) mass is 466 g/mol. The lowest BCUT2D eigenvalue weighted by Gasteiger charge is -2.32. The van der Waals surface area contributed by atoms with Gasteiger partial charge in [-0.15, -0.1) is 0 Å². The number of benzene rings is 2. The molecule has 0 aliphatic heterocycles. The fourth-order valence-electron chi connectivity index (χ4n) is 4.04. The minimum absolute atomic E-state index is 0.458. The zero-order valence-corrected chi connectivity index (χ0v) is 22.3. The molecule has 0 aliphatic rings. The van der Waals surface area contributed by atoms with Crippen molar-refractivity contribution in [3.05, 3.63) is 72.8 Å². The predicted octanol–water partition coefficient (Wildman–Crippen LogP) is 7.41. The Labute approximate surface area is 204 Å². The van der Waals surface area contributed by atoms with Crippen LogP contribution in [0.25, 0.3) is 0 Å². The van der Waals surface area contributed by atoms with E-state index in [0.717, 1.165) is 6.42 Å². The van der Waals surface area contributed by atoms with Crippen molar-refractivity contribution in [2.24, 2.45) is 5.92 Å². The summed E-state index contributed by atoms with van der Waals surface area (Å²) in [7, 11) is -2.74. The smallest absolute Gasteiger partial charge is 0.387 e. The number of hydrogen-bond acceptors (Lipinski definition) is 2. The number of unbranched alkanes of at least 4 members (excludes halogenated alkanes) is 8. The van der Waals surface area contributed by atoms with Gasteiger partial charge in [0, 0.05) is 13.2 Å². The molecule has 0 bridgehead atoms. The fourth-order valence-corrected chi connectivity index (χ4v) is 7.36. The first kappa shape index (κ1) is 27.6. The van der Waals surface area contributed by atoms with Gasteiger partial charge in [-0.05, 0) is 35.6 Å². The van der Waals surface area contributed by atoms with Gasteiger partial charge < -0.3 is 8.85 Å². The summed E-state index contributed by atoms with van der Waals surface area (Å²) in [5.41, 5.74) is 0. The van der Waals surface area contributed by atoms with Crippen molar-refractivity contribution in [3.63, 3.8) is 0 Å². The third kappa shape index (κ3) is 10.4. The molecule has 0 amide bonds. The van der Waals surface area contributed by atoms with Crippen LogP contribution in [-0.4, -0.2) is 21.8 Å². The predicted molar refractivity (Wildman–Crippen MR) is 146 cm³/mol. The van der Waals surface area contributed by atoms with Crippen LogP contribution in [-0.2, 0) is 8.85 Å². The zero-order chi connectivity index (χ0) is 23.6. The summed E-state index contributed by atoms with van der Waals surface area (Å²) in [5.74, 6) is 0.458. The van der Waals surface area contributed by atoms with Gasteiger partial charge in [-0.1, -0.05) is 139 Å². The van der Waals surface area contributed by atoms with Crippen LogP contribution in [0.4, 0.5) is 0 Å². The van der Waals surface area contributed by atoms with E-state index < -0.39 is 8.56 Å². The minimum Gasteiger partial charge on any atom is -0.387 e. The molecule has 0 heterocycles. The lowest BCUT2D eigenvalue weighted by molar-refractivity contribution is 0.175. The quantitative estimate of drug-likeness (QED) is 0.129. The lowest BCUT2D eigenvalue weighted by atomic mass is 10.1. The van der Waals surface area contributed by atoms with E-state index in [1.54, 1.807) is 0 Å². The molecule has 0 N–H and O–H groups in total. The van der Waals surface area contributed by atoms with Gasteiger partial charge in [0.15, 0.2) is 0 Å².